The van der Waals surface area contributed by atoms with Gasteiger partial charge in [0.15, 0.2) is 0 Å². The number of nitrogens with one attached hydrogen (secondary N) is 1. The molecular formula is C18H18ClN3O3S. The minimum atomic E-state index is -3.55. The van der Waals surface area contributed by atoms with E-state index in [0.717, 1.165) is 11.1 Å². The molecule has 0 bridgehead atoms. The van der Waals surface area contributed by atoms with Crippen LogP contribution in [0.2, 0.25) is 5.02 Å². The smallest absolute Gasteiger partial charge is 0.322 e. The first kappa shape index (κ1) is 18.3. The van der Waals surface area contributed by atoms with E-state index in [9.17, 15) is 13.2 Å². The summed E-state index contributed by atoms with van der Waals surface area (Å²) in [6, 6.07) is 10.6. The fourth-order valence-corrected chi connectivity index (χ4v) is 4.06. The van der Waals surface area contributed by atoms with Crippen molar-refractivity contribution in [1.29, 1.82) is 0 Å². The quantitative estimate of drug-likeness (QED) is 0.815. The number of carbonyl (C=O) groups is 1. The third-order valence-electron chi connectivity index (χ3n) is 4.27. The highest BCUT2D eigenvalue weighted by molar-refractivity contribution is 7.94. The summed E-state index contributed by atoms with van der Waals surface area (Å²) in [5.74, 6) is -0.329. The number of fused-ring (bicyclic) bond motifs is 1. The normalized spacial score (nSPS) is 15.4. The van der Waals surface area contributed by atoms with E-state index in [2.05, 4.69) is 5.32 Å². The molecule has 1 aliphatic rings. The number of aryl methyl sites for hydroxylation is 1. The van der Waals surface area contributed by atoms with Gasteiger partial charge in [0.25, 0.3) is 0 Å². The molecule has 1 heterocycles. The fraction of sp³-hybridized carbons (Fsp3) is 0.167. The van der Waals surface area contributed by atoms with Gasteiger partial charge in [-0.05, 0) is 42.3 Å². The van der Waals surface area contributed by atoms with Crippen LogP contribution in [0.4, 0.5) is 17.1 Å². The van der Waals surface area contributed by atoms with E-state index < -0.39 is 10.2 Å². The third-order valence-corrected chi connectivity index (χ3v) is 6.39. The molecule has 2 aromatic carbocycles. The average Bonchev–Trinajstić information content (AvgIpc) is 2.75. The minimum Gasteiger partial charge on any atom is -0.322 e. The molecule has 2 aromatic rings. The van der Waals surface area contributed by atoms with E-state index in [-0.39, 0.29) is 5.91 Å². The van der Waals surface area contributed by atoms with Crippen LogP contribution in [0.1, 0.15) is 11.1 Å². The molecule has 3 rings (SSSR count). The van der Waals surface area contributed by atoms with E-state index in [1.165, 1.54) is 28.8 Å². The van der Waals surface area contributed by atoms with Crippen molar-refractivity contribution < 1.29 is 13.2 Å². The molecule has 0 aromatic heterocycles. The SMILES string of the molecule is Cc1cc2c(cc1NC(=O)/C=C/c1ccccc1Cl)N(C)S(=O)(=O)N2C. The van der Waals surface area contributed by atoms with Crippen LogP contribution in [0.25, 0.3) is 6.08 Å². The largest absolute Gasteiger partial charge is 0.326 e. The molecule has 6 nitrogen and oxygen atoms in total. The van der Waals surface area contributed by atoms with Gasteiger partial charge in [-0.3, -0.25) is 13.4 Å². The maximum absolute atomic E-state index is 12.2. The van der Waals surface area contributed by atoms with Gasteiger partial charge < -0.3 is 5.32 Å². The zero-order valence-electron chi connectivity index (χ0n) is 14.5. The second-order valence-corrected chi connectivity index (χ2v) is 8.34. The molecule has 0 unspecified atom stereocenters. The van der Waals surface area contributed by atoms with E-state index in [4.69, 9.17) is 11.6 Å². The van der Waals surface area contributed by atoms with Crippen LogP contribution < -0.4 is 13.9 Å². The molecule has 0 spiro atoms. The van der Waals surface area contributed by atoms with Crippen molar-refractivity contribution in [2.24, 2.45) is 0 Å². The Labute approximate surface area is 157 Å². The van der Waals surface area contributed by atoms with Gasteiger partial charge in [0.05, 0.1) is 11.4 Å². The second kappa shape index (κ2) is 6.66. The number of hydrogen-bond donors (Lipinski definition) is 1. The Bertz CT molecular complexity index is 1020. The Morgan fingerprint density at radius 2 is 1.73 bits per heavy atom. The lowest BCUT2D eigenvalue weighted by Crippen LogP contribution is -2.32. The van der Waals surface area contributed by atoms with Crippen molar-refractivity contribution in [2.75, 3.05) is 28.0 Å². The van der Waals surface area contributed by atoms with Crippen LogP contribution in [-0.2, 0) is 15.0 Å². The molecule has 0 aliphatic carbocycles. The van der Waals surface area contributed by atoms with Crippen LogP contribution in [0.3, 0.4) is 0 Å². The van der Waals surface area contributed by atoms with Crippen molar-refractivity contribution in [2.45, 2.75) is 6.92 Å². The predicted octanol–water partition coefficient (Wildman–Crippen LogP) is 3.43. The van der Waals surface area contributed by atoms with Crippen molar-refractivity contribution in [1.82, 2.24) is 0 Å². The molecule has 136 valence electrons. The predicted molar refractivity (Wildman–Crippen MR) is 106 cm³/mol. The summed E-state index contributed by atoms with van der Waals surface area (Å²) in [4.78, 5) is 12.2. The highest BCUT2D eigenvalue weighted by Gasteiger charge is 2.35. The topological polar surface area (TPSA) is 69.7 Å². The number of anilines is 3. The molecular weight excluding hydrogens is 374 g/mol. The van der Waals surface area contributed by atoms with E-state index in [1.807, 2.05) is 25.1 Å². The average molecular weight is 392 g/mol. The Hall–Kier alpha value is -2.51. The standard InChI is InChI=1S/C18H18ClN3O3S/c1-12-10-16-17(22(3)26(24,25)21(16)2)11-15(12)20-18(23)9-8-13-6-4-5-7-14(13)19/h4-11H,1-3H3,(H,20,23)/b9-8+. The van der Waals surface area contributed by atoms with Gasteiger partial charge in [0, 0.05) is 30.9 Å². The summed E-state index contributed by atoms with van der Waals surface area (Å²) in [6.07, 6.45) is 3.02. The highest BCUT2D eigenvalue weighted by Crippen LogP contribution is 2.41. The summed E-state index contributed by atoms with van der Waals surface area (Å²) < 4.78 is 26.9. The van der Waals surface area contributed by atoms with Crippen molar-refractivity contribution in [3.63, 3.8) is 0 Å². The minimum absolute atomic E-state index is 0.329. The van der Waals surface area contributed by atoms with Gasteiger partial charge in [-0.25, -0.2) is 0 Å². The number of rotatable bonds is 3. The van der Waals surface area contributed by atoms with E-state index >= 15 is 0 Å². The monoisotopic (exact) mass is 391 g/mol. The first-order valence-corrected chi connectivity index (χ1v) is 9.60. The zero-order valence-corrected chi connectivity index (χ0v) is 16.1. The number of benzene rings is 2. The number of halogens is 1. The number of nitrogens with zero attached hydrogens (tertiary/aromatic N) is 2. The molecule has 0 atom stereocenters. The Morgan fingerprint density at radius 1 is 1.12 bits per heavy atom. The molecule has 26 heavy (non-hydrogen) atoms. The lowest BCUT2D eigenvalue weighted by atomic mass is 10.1. The molecule has 8 heteroatoms. The molecule has 1 aliphatic heterocycles. The summed E-state index contributed by atoms with van der Waals surface area (Å²) >= 11 is 6.06. The number of carbonyl (C=O) groups excluding carboxylic acids is 1. The van der Waals surface area contributed by atoms with Crippen LogP contribution in [-0.4, -0.2) is 28.4 Å². The van der Waals surface area contributed by atoms with Crippen molar-refractivity contribution in [3.8, 4) is 0 Å². The molecule has 1 amide bonds. The first-order chi connectivity index (χ1) is 12.2. The van der Waals surface area contributed by atoms with Gasteiger partial charge in [-0.15, -0.1) is 0 Å². The second-order valence-electron chi connectivity index (χ2n) is 5.94. The fourth-order valence-electron chi connectivity index (χ4n) is 2.70. The zero-order chi connectivity index (χ0) is 19.1. The van der Waals surface area contributed by atoms with Gasteiger partial charge in [0.2, 0.25) is 5.91 Å². The summed E-state index contributed by atoms with van der Waals surface area (Å²) in [7, 11) is -0.567. The molecule has 0 saturated carbocycles. The van der Waals surface area contributed by atoms with Crippen LogP contribution in [0.15, 0.2) is 42.5 Å². The highest BCUT2D eigenvalue weighted by atomic mass is 35.5. The maximum atomic E-state index is 12.2. The van der Waals surface area contributed by atoms with Crippen molar-refractivity contribution in [3.05, 3.63) is 58.6 Å². The van der Waals surface area contributed by atoms with E-state index in [1.54, 1.807) is 24.3 Å². The van der Waals surface area contributed by atoms with Crippen molar-refractivity contribution >= 4 is 50.9 Å². The van der Waals surface area contributed by atoms with Gasteiger partial charge in [-0.1, -0.05) is 29.8 Å². The van der Waals surface area contributed by atoms with Crippen LogP contribution >= 0.6 is 11.6 Å². The lowest BCUT2D eigenvalue weighted by Gasteiger charge is -2.13. The third kappa shape index (κ3) is 3.15. The van der Waals surface area contributed by atoms with Crippen LogP contribution in [0, 0.1) is 6.92 Å². The summed E-state index contributed by atoms with van der Waals surface area (Å²) in [5, 5.41) is 3.34. The maximum Gasteiger partial charge on any atom is 0.326 e. The van der Waals surface area contributed by atoms with Gasteiger partial charge >= 0.3 is 10.2 Å². The summed E-state index contributed by atoms with van der Waals surface area (Å²) in [5.41, 5.74) is 3.15. The Kier molecular flexibility index (Phi) is 4.68. The molecule has 1 N–H and O–H groups in total. The lowest BCUT2D eigenvalue weighted by molar-refractivity contribution is -0.111. The number of hydrogen-bond acceptors (Lipinski definition) is 3. The van der Waals surface area contributed by atoms with Gasteiger partial charge in [0.1, 0.15) is 0 Å². The van der Waals surface area contributed by atoms with E-state index in [0.29, 0.717) is 22.1 Å². The molecule has 0 radical (unpaired) electrons. The van der Waals surface area contributed by atoms with Crippen LogP contribution in [0.5, 0.6) is 0 Å². The summed E-state index contributed by atoms with van der Waals surface area (Å²) in [6.45, 7) is 1.81. The Morgan fingerprint density at radius 3 is 2.38 bits per heavy atom. The molecule has 0 fully saturated rings. The van der Waals surface area contributed by atoms with Gasteiger partial charge in [-0.2, -0.15) is 8.42 Å². The Balaban J connectivity index is 1.85. The number of amides is 1. The molecule has 0 saturated heterocycles. The first-order valence-electron chi connectivity index (χ1n) is 7.83.